The largest absolute Gasteiger partial charge is 0.507 e. The molecule has 0 aromatic heterocycles. The average molecular weight is 627 g/mol. The summed E-state index contributed by atoms with van der Waals surface area (Å²) >= 11 is 0. The molecule has 0 unspecified atom stereocenters. The molecule has 6 rings (SSSR count). The number of aromatic hydroxyl groups is 1. The van der Waals surface area contributed by atoms with Gasteiger partial charge in [-0.1, -0.05) is 24.3 Å². The quantitative estimate of drug-likeness (QED) is 0.0969. The lowest BCUT2D eigenvalue weighted by Gasteiger charge is -2.07. The Bertz CT molecular complexity index is 1900. The molecule has 0 radical (unpaired) electrons. The van der Waals surface area contributed by atoms with E-state index in [4.69, 9.17) is 5.11 Å². The smallest absolute Gasteiger partial charge is 0.387 e. The van der Waals surface area contributed by atoms with Crippen LogP contribution in [0.2, 0.25) is 0 Å². The number of carboxylic acid groups (broad SMARTS) is 1. The number of ether oxygens (including phenoxy) is 1. The summed E-state index contributed by atoms with van der Waals surface area (Å²) in [6.45, 7) is 0.997. The van der Waals surface area contributed by atoms with Crippen LogP contribution in [-0.2, 0) is 9.59 Å². The summed E-state index contributed by atoms with van der Waals surface area (Å²) in [6.07, 6.45) is 3.14. The Labute approximate surface area is 262 Å². The third-order valence-electron chi connectivity index (χ3n) is 7.14. The van der Waals surface area contributed by atoms with E-state index >= 15 is 0 Å². The molecule has 4 aromatic carbocycles. The number of hydrogen-bond donors (Lipinski definition) is 6. The van der Waals surface area contributed by atoms with E-state index in [-0.39, 0.29) is 28.9 Å². The van der Waals surface area contributed by atoms with Crippen molar-refractivity contribution in [2.24, 2.45) is 0 Å². The van der Waals surface area contributed by atoms with Crippen LogP contribution in [0.1, 0.15) is 32.6 Å². The van der Waals surface area contributed by atoms with Crippen molar-refractivity contribution < 1.29 is 38.1 Å². The van der Waals surface area contributed by atoms with Gasteiger partial charge in [-0.2, -0.15) is 8.78 Å². The molecule has 0 saturated carbocycles. The zero-order valence-electron chi connectivity index (χ0n) is 24.5. The summed E-state index contributed by atoms with van der Waals surface area (Å²) in [6, 6.07) is 21.4. The van der Waals surface area contributed by atoms with Crippen molar-refractivity contribution in [3.05, 3.63) is 119 Å². The van der Waals surface area contributed by atoms with Crippen molar-refractivity contribution in [1.29, 1.82) is 0 Å². The van der Waals surface area contributed by atoms with Gasteiger partial charge in [0.2, 0.25) is 0 Å². The Morgan fingerprint density at radius 3 is 1.78 bits per heavy atom. The molecule has 4 aromatic rings. The van der Waals surface area contributed by atoms with E-state index in [0.29, 0.717) is 22.5 Å². The van der Waals surface area contributed by atoms with E-state index in [1.165, 1.54) is 36.5 Å². The first-order valence-electron chi connectivity index (χ1n) is 13.9. The van der Waals surface area contributed by atoms with Crippen LogP contribution in [0.5, 0.6) is 11.5 Å². The Morgan fingerprint density at radius 2 is 1.28 bits per heavy atom. The number of carbonyl (C=O) groups is 3. The molecule has 0 fully saturated rings. The van der Waals surface area contributed by atoms with Gasteiger partial charge in [-0.25, -0.2) is 4.79 Å². The van der Waals surface area contributed by atoms with Gasteiger partial charge in [-0.3, -0.25) is 9.59 Å². The summed E-state index contributed by atoms with van der Waals surface area (Å²) in [5, 5.41) is 30.0. The SMILES string of the molecule is Cc1cccc2c1/C(=C/Nc1ccc(O)c(C(=O)O)c1)C(=O)N2.Cc1cccc2c1/C(=C/Nc1ccc(OC(F)F)cc1)C(=O)N2. The number of fused-ring (bicyclic) bond motifs is 2. The number of benzene rings is 4. The Hall–Kier alpha value is -6.17. The highest BCUT2D eigenvalue weighted by molar-refractivity contribution is 6.32. The summed E-state index contributed by atoms with van der Waals surface area (Å²) in [7, 11) is 0. The molecule has 0 atom stereocenters. The molecule has 2 heterocycles. The summed E-state index contributed by atoms with van der Waals surface area (Å²) < 4.78 is 28.5. The number of amides is 2. The molecule has 6 N–H and O–H groups in total. The van der Waals surface area contributed by atoms with Gasteiger partial charge in [-0.05, 0) is 79.6 Å². The first-order chi connectivity index (χ1) is 22.0. The van der Waals surface area contributed by atoms with E-state index in [9.17, 15) is 28.3 Å². The number of carboxylic acids is 1. The number of halogens is 2. The lowest BCUT2D eigenvalue weighted by Crippen LogP contribution is -2.05. The van der Waals surface area contributed by atoms with Crippen LogP contribution in [0.15, 0.2) is 91.3 Å². The van der Waals surface area contributed by atoms with E-state index in [2.05, 4.69) is 26.0 Å². The molecule has 0 saturated heterocycles. The zero-order chi connectivity index (χ0) is 33.0. The minimum atomic E-state index is -2.85. The fraction of sp³-hybridized carbons (Fsp3) is 0.0882. The second kappa shape index (κ2) is 13.2. The summed E-state index contributed by atoms with van der Waals surface area (Å²) in [5.41, 5.74) is 7.10. The van der Waals surface area contributed by atoms with Crippen LogP contribution in [0, 0.1) is 13.8 Å². The van der Waals surface area contributed by atoms with Crippen LogP contribution < -0.4 is 26.0 Å². The van der Waals surface area contributed by atoms with Gasteiger partial charge in [0, 0.05) is 46.3 Å². The lowest BCUT2D eigenvalue weighted by atomic mass is 10.0. The molecular weight excluding hydrogens is 598 g/mol. The van der Waals surface area contributed by atoms with Crippen molar-refractivity contribution in [2.75, 3.05) is 21.3 Å². The van der Waals surface area contributed by atoms with Crippen LogP contribution in [0.4, 0.5) is 31.5 Å². The molecule has 2 aliphatic heterocycles. The number of phenols is 1. The number of hydrogen-bond acceptors (Lipinski definition) is 7. The van der Waals surface area contributed by atoms with Gasteiger partial charge in [0.25, 0.3) is 11.8 Å². The second-order valence-corrected chi connectivity index (χ2v) is 10.2. The van der Waals surface area contributed by atoms with Crippen molar-refractivity contribution in [1.82, 2.24) is 0 Å². The van der Waals surface area contributed by atoms with Crippen molar-refractivity contribution in [2.45, 2.75) is 20.5 Å². The molecule has 0 aliphatic carbocycles. The van der Waals surface area contributed by atoms with E-state index in [0.717, 1.165) is 33.6 Å². The zero-order valence-corrected chi connectivity index (χ0v) is 24.5. The van der Waals surface area contributed by atoms with Crippen LogP contribution >= 0.6 is 0 Å². The van der Waals surface area contributed by atoms with Crippen LogP contribution in [0.25, 0.3) is 11.1 Å². The van der Waals surface area contributed by atoms with Crippen LogP contribution in [-0.4, -0.2) is 34.6 Å². The van der Waals surface area contributed by atoms with Gasteiger partial charge in [0.1, 0.15) is 17.1 Å². The Kier molecular flexibility index (Phi) is 8.99. The predicted molar refractivity (Wildman–Crippen MR) is 171 cm³/mol. The van der Waals surface area contributed by atoms with Crippen molar-refractivity contribution >= 4 is 51.7 Å². The molecule has 2 aliphatic rings. The number of anilines is 4. The van der Waals surface area contributed by atoms with Gasteiger partial charge >= 0.3 is 12.6 Å². The van der Waals surface area contributed by atoms with Gasteiger partial charge in [0.15, 0.2) is 0 Å². The predicted octanol–water partition coefficient (Wildman–Crippen LogP) is 6.81. The van der Waals surface area contributed by atoms with E-state index in [1.807, 2.05) is 50.2 Å². The van der Waals surface area contributed by atoms with E-state index in [1.54, 1.807) is 18.3 Å². The highest BCUT2D eigenvalue weighted by Gasteiger charge is 2.26. The van der Waals surface area contributed by atoms with Crippen molar-refractivity contribution in [3.8, 4) is 11.5 Å². The minimum absolute atomic E-state index is 0.0815. The first-order valence-corrected chi connectivity index (χ1v) is 13.9. The highest BCUT2D eigenvalue weighted by atomic mass is 19.3. The monoisotopic (exact) mass is 626 g/mol. The number of aromatic carboxylic acids is 1. The third kappa shape index (κ3) is 6.81. The van der Waals surface area contributed by atoms with Gasteiger partial charge in [0.05, 0.1) is 11.1 Å². The second-order valence-electron chi connectivity index (χ2n) is 10.2. The average Bonchev–Trinajstić information content (AvgIpc) is 3.52. The highest BCUT2D eigenvalue weighted by Crippen LogP contribution is 2.35. The normalized spacial score (nSPS) is 14.6. The Morgan fingerprint density at radius 1 is 0.783 bits per heavy atom. The maximum Gasteiger partial charge on any atom is 0.387 e. The molecule has 0 bridgehead atoms. The summed E-state index contributed by atoms with van der Waals surface area (Å²) in [5.74, 6) is -1.86. The number of aryl methyl sites for hydroxylation is 2. The first kappa shape index (κ1) is 31.3. The number of carbonyl (C=O) groups excluding carboxylic acids is 2. The molecular formula is C34H28F2N4O6. The number of alkyl halides is 2. The molecule has 2 amide bonds. The molecule has 0 spiro atoms. The van der Waals surface area contributed by atoms with E-state index < -0.39 is 12.6 Å². The maximum atomic E-state index is 12.1. The topological polar surface area (TPSA) is 149 Å². The third-order valence-corrected chi connectivity index (χ3v) is 7.14. The number of nitrogens with one attached hydrogen (secondary N) is 4. The Balaban J connectivity index is 0.000000181. The lowest BCUT2D eigenvalue weighted by molar-refractivity contribution is -0.111. The van der Waals surface area contributed by atoms with Gasteiger partial charge < -0.3 is 36.2 Å². The molecule has 10 nitrogen and oxygen atoms in total. The maximum absolute atomic E-state index is 12.1. The fourth-order valence-corrected chi connectivity index (χ4v) is 4.98. The molecule has 46 heavy (non-hydrogen) atoms. The summed E-state index contributed by atoms with van der Waals surface area (Å²) in [4.78, 5) is 35.2. The number of rotatable bonds is 7. The van der Waals surface area contributed by atoms with Crippen molar-refractivity contribution in [3.63, 3.8) is 0 Å². The molecule has 12 heteroatoms. The molecule has 234 valence electrons. The minimum Gasteiger partial charge on any atom is -0.507 e. The fourth-order valence-electron chi connectivity index (χ4n) is 4.98. The van der Waals surface area contributed by atoms with Crippen LogP contribution in [0.3, 0.4) is 0 Å². The van der Waals surface area contributed by atoms with Gasteiger partial charge in [-0.15, -0.1) is 0 Å². The standard InChI is InChI=1S/C17H14F2N2O2.C17H14N2O4/c1-10-3-2-4-14-15(10)13(16(22)21-14)9-20-11-5-7-12(8-6-11)23-17(18)19;1-9-3-2-4-13-15(9)12(16(21)19-13)8-18-10-5-6-14(20)11(7-10)17(22)23/h2-9,17,20H,1H3,(H,21,22);2-8,18,20H,1H3,(H,19,21)(H,22,23)/b13-9-;12-8-.